The van der Waals surface area contributed by atoms with Gasteiger partial charge in [0.25, 0.3) is 0 Å². The van der Waals surface area contributed by atoms with Gasteiger partial charge in [0.2, 0.25) is 0 Å². The lowest BCUT2D eigenvalue weighted by Crippen LogP contribution is -2.37. The van der Waals surface area contributed by atoms with E-state index in [0.717, 1.165) is 12.1 Å². The van der Waals surface area contributed by atoms with Crippen LogP contribution < -0.4 is 5.32 Å². The van der Waals surface area contributed by atoms with Gasteiger partial charge in [0.05, 0.1) is 23.5 Å². The van der Waals surface area contributed by atoms with E-state index in [4.69, 9.17) is 0 Å². The topological polar surface area (TPSA) is 37.8 Å². The molecule has 3 unspecified atom stereocenters. The van der Waals surface area contributed by atoms with Crippen molar-refractivity contribution in [2.24, 2.45) is 5.92 Å². The molecule has 1 fully saturated rings. The SMILES string of the molecule is Cc1cccnc1C1NC(c2ccccn2)CCC1C. The van der Waals surface area contributed by atoms with Crippen LogP contribution in [0.4, 0.5) is 0 Å². The summed E-state index contributed by atoms with van der Waals surface area (Å²) in [5.74, 6) is 0.601. The minimum atomic E-state index is 0.317. The highest BCUT2D eigenvalue weighted by molar-refractivity contribution is 5.23. The molecule has 0 aliphatic carbocycles. The molecular weight excluding hydrogens is 246 g/mol. The monoisotopic (exact) mass is 267 g/mol. The first-order chi connectivity index (χ1) is 9.75. The van der Waals surface area contributed by atoms with Gasteiger partial charge in [-0.2, -0.15) is 0 Å². The highest BCUT2D eigenvalue weighted by atomic mass is 15.0. The Morgan fingerprint density at radius 2 is 1.90 bits per heavy atom. The summed E-state index contributed by atoms with van der Waals surface area (Å²) in [6.07, 6.45) is 6.10. The van der Waals surface area contributed by atoms with Crippen LogP contribution in [0.25, 0.3) is 0 Å². The average Bonchev–Trinajstić information content (AvgIpc) is 2.49. The molecule has 3 heterocycles. The quantitative estimate of drug-likeness (QED) is 0.903. The number of piperidine rings is 1. The summed E-state index contributed by atoms with van der Waals surface area (Å²) in [6.45, 7) is 4.45. The van der Waals surface area contributed by atoms with Crippen LogP contribution in [0.2, 0.25) is 0 Å². The van der Waals surface area contributed by atoms with Crippen LogP contribution in [-0.4, -0.2) is 9.97 Å². The molecule has 1 saturated heterocycles. The minimum Gasteiger partial charge on any atom is -0.300 e. The van der Waals surface area contributed by atoms with Crippen molar-refractivity contribution in [2.45, 2.75) is 38.8 Å². The fraction of sp³-hybridized carbons (Fsp3) is 0.412. The van der Waals surface area contributed by atoms with E-state index in [1.807, 2.05) is 24.5 Å². The van der Waals surface area contributed by atoms with E-state index >= 15 is 0 Å². The maximum absolute atomic E-state index is 4.60. The molecule has 3 nitrogen and oxygen atoms in total. The molecule has 0 radical (unpaired) electrons. The van der Waals surface area contributed by atoms with Crippen LogP contribution in [0, 0.1) is 12.8 Å². The Morgan fingerprint density at radius 1 is 1.05 bits per heavy atom. The number of aromatic nitrogens is 2. The van der Waals surface area contributed by atoms with Crippen molar-refractivity contribution in [3.8, 4) is 0 Å². The predicted molar refractivity (Wildman–Crippen MR) is 80.2 cm³/mol. The van der Waals surface area contributed by atoms with Crippen molar-refractivity contribution in [1.82, 2.24) is 15.3 Å². The predicted octanol–water partition coefficient (Wildman–Crippen LogP) is 3.59. The van der Waals surface area contributed by atoms with Gasteiger partial charge in [-0.3, -0.25) is 9.97 Å². The van der Waals surface area contributed by atoms with Crippen LogP contribution in [0.15, 0.2) is 42.7 Å². The molecule has 20 heavy (non-hydrogen) atoms. The normalized spacial score (nSPS) is 26.4. The van der Waals surface area contributed by atoms with Crippen molar-refractivity contribution in [3.63, 3.8) is 0 Å². The molecule has 1 N–H and O–H groups in total. The van der Waals surface area contributed by atoms with E-state index in [2.05, 4.69) is 47.3 Å². The Hall–Kier alpha value is -1.74. The average molecular weight is 267 g/mol. The number of hydrogen-bond acceptors (Lipinski definition) is 3. The summed E-state index contributed by atoms with van der Waals surface area (Å²) >= 11 is 0. The van der Waals surface area contributed by atoms with Gasteiger partial charge in [0.15, 0.2) is 0 Å². The van der Waals surface area contributed by atoms with E-state index in [-0.39, 0.29) is 0 Å². The molecule has 2 aromatic rings. The number of pyridine rings is 2. The molecule has 2 aromatic heterocycles. The first-order valence-corrected chi connectivity index (χ1v) is 7.34. The summed E-state index contributed by atoms with van der Waals surface area (Å²) in [5, 5.41) is 3.75. The lowest BCUT2D eigenvalue weighted by Gasteiger charge is -2.36. The summed E-state index contributed by atoms with van der Waals surface area (Å²) in [7, 11) is 0. The maximum Gasteiger partial charge on any atom is 0.0605 e. The van der Waals surface area contributed by atoms with Gasteiger partial charge in [0, 0.05) is 12.4 Å². The Labute approximate surface area is 120 Å². The third-order valence-corrected chi connectivity index (χ3v) is 4.25. The van der Waals surface area contributed by atoms with Crippen molar-refractivity contribution in [2.75, 3.05) is 0 Å². The summed E-state index contributed by atoms with van der Waals surface area (Å²) < 4.78 is 0. The largest absolute Gasteiger partial charge is 0.300 e. The van der Waals surface area contributed by atoms with Gasteiger partial charge in [-0.25, -0.2) is 0 Å². The third-order valence-electron chi connectivity index (χ3n) is 4.25. The second-order valence-corrected chi connectivity index (χ2v) is 5.71. The third kappa shape index (κ3) is 2.59. The smallest absolute Gasteiger partial charge is 0.0605 e. The van der Waals surface area contributed by atoms with Crippen LogP contribution in [0.3, 0.4) is 0 Å². The zero-order valence-corrected chi connectivity index (χ0v) is 12.1. The van der Waals surface area contributed by atoms with Crippen LogP contribution >= 0.6 is 0 Å². The highest BCUT2D eigenvalue weighted by Crippen LogP contribution is 2.36. The number of nitrogens with zero attached hydrogens (tertiary/aromatic N) is 2. The van der Waals surface area contributed by atoms with Gasteiger partial charge < -0.3 is 5.32 Å². The molecule has 3 heteroatoms. The Morgan fingerprint density at radius 3 is 2.65 bits per heavy atom. The van der Waals surface area contributed by atoms with Crippen molar-refractivity contribution < 1.29 is 0 Å². The maximum atomic E-state index is 4.60. The van der Waals surface area contributed by atoms with Crippen molar-refractivity contribution in [3.05, 3.63) is 59.7 Å². The summed E-state index contributed by atoms with van der Waals surface area (Å²) in [5.41, 5.74) is 3.58. The van der Waals surface area contributed by atoms with E-state index < -0.39 is 0 Å². The minimum absolute atomic E-state index is 0.317. The molecule has 3 atom stereocenters. The fourth-order valence-corrected chi connectivity index (χ4v) is 3.05. The van der Waals surface area contributed by atoms with Crippen LogP contribution in [-0.2, 0) is 0 Å². The molecular formula is C17H21N3. The van der Waals surface area contributed by atoms with E-state index in [0.29, 0.717) is 18.0 Å². The fourth-order valence-electron chi connectivity index (χ4n) is 3.05. The first-order valence-electron chi connectivity index (χ1n) is 7.34. The van der Waals surface area contributed by atoms with Crippen molar-refractivity contribution >= 4 is 0 Å². The second kappa shape index (κ2) is 5.71. The van der Waals surface area contributed by atoms with Gasteiger partial charge in [0.1, 0.15) is 0 Å². The molecule has 1 aliphatic heterocycles. The summed E-state index contributed by atoms with van der Waals surface area (Å²) in [4.78, 5) is 9.09. The molecule has 0 bridgehead atoms. The first kappa shape index (κ1) is 13.3. The Kier molecular flexibility index (Phi) is 3.79. The van der Waals surface area contributed by atoms with E-state index in [1.54, 1.807) is 0 Å². The van der Waals surface area contributed by atoms with Gasteiger partial charge in [-0.05, 0) is 49.4 Å². The number of rotatable bonds is 2. The lowest BCUT2D eigenvalue weighted by atomic mass is 9.85. The lowest BCUT2D eigenvalue weighted by molar-refractivity contribution is 0.242. The second-order valence-electron chi connectivity index (χ2n) is 5.71. The zero-order chi connectivity index (χ0) is 13.9. The number of nitrogens with one attached hydrogen (secondary N) is 1. The molecule has 1 aliphatic rings. The standard InChI is InChI=1S/C17H21N3/c1-12-6-5-11-19-16(12)17-13(2)8-9-15(20-17)14-7-3-4-10-18-14/h3-7,10-11,13,15,17,20H,8-9H2,1-2H3. The summed E-state index contributed by atoms with van der Waals surface area (Å²) in [6, 6.07) is 10.9. The molecule has 0 amide bonds. The van der Waals surface area contributed by atoms with Crippen molar-refractivity contribution in [1.29, 1.82) is 0 Å². The molecule has 0 saturated carbocycles. The Bertz CT molecular complexity index is 567. The van der Waals surface area contributed by atoms with Crippen LogP contribution in [0.5, 0.6) is 0 Å². The number of aryl methyl sites for hydroxylation is 1. The van der Waals surface area contributed by atoms with Crippen LogP contribution in [0.1, 0.15) is 48.8 Å². The van der Waals surface area contributed by atoms with Gasteiger partial charge >= 0.3 is 0 Å². The van der Waals surface area contributed by atoms with Gasteiger partial charge in [-0.15, -0.1) is 0 Å². The molecule has 0 aromatic carbocycles. The van der Waals surface area contributed by atoms with E-state index in [1.165, 1.54) is 17.7 Å². The molecule has 0 spiro atoms. The van der Waals surface area contributed by atoms with E-state index in [9.17, 15) is 0 Å². The highest BCUT2D eigenvalue weighted by Gasteiger charge is 2.30. The number of hydrogen-bond donors (Lipinski definition) is 1. The molecule has 104 valence electrons. The van der Waals surface area contributed by atoms with Gasteiger partial charge in [-0.1, -0.05) is 19.1 Å². The Balaban J connectivity index is 1.86. The molecule has 3 rings (SSSR count). The zero-order valence-electron chi connectivity index (χ0n) is 12.1.